The van der Waals surface area contributed by atoms with Crippen LogP contribution in [0.25, 0.3) is 0 Å². The van der Waals surface area contributed by atoms with Gasteiger partial charge < -0.3 is 25.0 Å². The van der Waals surface area contributed by atoms with Crippen molar-refractivity contribution in [2.24, 2.45) is 4.99 Å². The number of hydrogen-bond donors (Lipinski definition) is 2. The Bertz CT molecular complexity index is 585. The maximum absolute atomic E-state index is 5.44. The number of nitrogens with one attached hydrogen (secondary N) is 2. The summed E-state index contributed by atoms with van der Waals surface area (Å²) < 4.78 is 10.8. The number of nitrogens with zero attached hydrogens (tertiary/aromatic N) is 2. The van der Waals surface area contributed by atoms with Crippen molar-refractivity contribution in [3.8, 4) is 11.5 Å². The summed E-state index contributed by atoms with van der Waals surface area (Å²) in [7, 11) is 0. The highest BCUT2D eigenvalue weighted by atomic mass is 16.7. The maximum Gasteiger partial charge on any atom is 0.231 e. The first-order valence-electron chi connectivity index (χ1n) is 9.98. The molecule has 1 aromatic carbocycles. The first-order chi connectivity index (χ1) is 12.8. The van der Waals surface area contributed by atoms with Gasteiger partial charge in [-0.05, 0) is 76.4 Å². The Labute approximate surface area is 157 Å². The van der Waals surface area contributed by atoms with Crippen LogP contribution in [-0.2, 0) is 6.42 Å². The molecule has 0 aromatic heterocycles. The number of ether oxygens (including phenoxy) is 2. The lowest BCUT2D eigenvalue weighted by molar-refractivity contribution is 0.174. The summed E-state index contributed by atoms with van der Waals surface area (Å²) >= 11 is 0. The van der Waals surface area contributed by atoms with Gasteiger partial charge in [-0.25, -0.2) is 0 Å². The zero-order chi connectivity index (χ0) is 18.0. The van der Waals surface area contributed by atoms with Crippen molar-refractivity contribution < 1.29 is 9.47 Å². The highest BCUT2D eigenvalue weighted by Crippen LogP contribution is 2.32. The van der Waals surface area contributed by atoms with Gasteiger partial charge in [0, 0.05) is 19.6 Å². The third-order valence-electron chi connectivity index (χ3n) is 4.84. The van der Waals surface area contributed by atoms with Gasteiger partial charge in [0.1, 0.15) is 0 Å². The molecule has 0 atom stereocenters. The fourth-order valence-electron chi connectivity index (χ4n) is 3.41. The Kier molecular flexibility index (Phi) is 7.43. The number of rotatable bonds is 9. The van der Waals surface area contributed by atoms with E-state index >= 15 is 0 Å². The molecule has 0 spiro atoms. The lowest BCUT2D eigenvalue weighted by Gasteiger charge is -2.14. The van der Waals surface area contributed by atoms with Crippen LogP contribution in [0.15, 0.2) is 23.2 Å². The number of fused-ring (bicyclic) bond motifs is 1. The average Bonchev–Trinajstić information content (AvgIpc) is 3.32. The van der Waals surface area contributed by atoms with E-state index in [9.17, 15) is 0 Å². The summed E-state index contributed by atoms with van der Waals surface area (Å²) in [5.74, 6) is 2.60. The van der Waals surface area contributed by atoms with E-state index in [1.54, 1.807) is 0 Å². The van der Waals surface area contributed by atoms with Crippen LogP contribution in [0.5, 0.6) is 11.5 Å². The number of aliphatic imine (C=N–C) groups is 1. The van der Waals surface area contributed by atoms with Crippen LogP contribution in [0, 0.1) is 0 Å². The Morgan fingerprint density at radius 2 is 1.96 bits per heavy atom. The van der Waals surface area contributed by atoms with Crippen LogP contribution < -0.4 is 20.1 Å². The Morgan fingerprint density at radius 1 is 1.12 bits per heavy atom. The Balaban J connectivity index is 1.35. The summed E-state index contributed by atoms with van der Waals surface area (Å²) in [5, 5.41) is 6.75. The molecule has 26 heavy (non-hydrogen) atoms. The van der Waals surface area contributed by atoms with E-state index in [-0.39, 0.29) is 0 Å². The van der Waals surface area contributed by atoms with E-state index < -0.39 is 0 Å². The van der Waals surface area contributed by atoms with Crippen molar-refractivity contribution in [2.45, 2.75) is 39.0 Å². The number of benzene rings is 1. The molecule has 1 fully saturated rings. The fourth-order valence-corrected chi connectivity index (χ4v) is 3.41. The van der Waals surface area contributed by atoms with Gasteiger partial charge in [-0.15, -0.1) is 0 Å². The van der Waals surface area contributed by atoms with Crippen molar-refractivity contribution in [3.05, 3.63) is 23.8 Å². The fraction of sp³-hybridized carbons (Fsp3) is 0.650. The van der Waals surface area contributed by atoms with Crippen LogP contribution in [-0.4, -0.2) is 56.9 Å². The summed E-state index contributed by atoms with van der Waals surface area (Å²) in [6.45, 7) is 8.83. The zero-order valence-corrected chi connectivity index (χ0v) is 15.9. The Morgan fingerprint density at radius 3 is 2.81 bits per heavy atom. The highest BCUT2D eigenvalue weighted by Gasteiger charge is 2.13. The molecule has 2 aliphatic rings. The highest BCUT2D eigenvalue weighted by molar-refractivity contribution is 5.79. The molecule has 0 unspecified atom stereocenters. The normalized spacial score (nSPS) is 16.9. The van der Waals surface area contributed by atoms with Crippen LogP contribution in [0.1, 0.15) is 38.2 Å². The van der Waals surface area contributed by atoms with Crippen molar-refractivity contribution >= 4 is 5.96 Å². The van der Waals surface area contributed by atoms with E-state index in [4.69, 9.17) is 14.5 Å². The molecule has 1 aromatic rings. The predicted molar refractivity (Wildman–Crippen MR) is 105 cm³/mol. The molecule has 1 saturated heterocycles. The largest absolute Gasteiger partial charge is 0.454 e. The zero-order valence-electron chi connectivity index (χ0n) is 15.9. The van der Waals surface area contributed by atoms with E-state index in [0.29, 0.717) is 6.79 Å². The number of hydrogen-bond acceptors (Lipinski definition) is 4. The van der Waals surface area contributed by atoms with Gasteiger partial charge in [-0.1, -0.05) is 6.07 Å². The molecule has 6 heteroatoms. The number of guanidine groups is 1. The van der Waals surface area contributed by atoms with E-state index in [1.807, 2.05) is 6.07 Å². The molecule has 144 valence electrons. The molecule has 3 rings (SSSR count). The number of unbranched alkanes of at least 4 members (excludes halogenated alkanes) is 1. The van der Waals surface area contributed by atoms with Crippen LogP contribution >= 0.6 is 0 Å². The quantitative estimate of drug-likeness (QED) is 0.402. The Hall–Kier alpha value is -1.95. The van der Waals surface area contributed by atoms with Gasteiger partial charge in [-0.2, -0.15) is 0 Å². The predicted octanol–water partition coefficient (Wildman–Crippen LogP) is 2.39. The molecule has 2 N–H and O–H groups in total. The molecule has 0 radical (unpaired) electrons. The minimum Gasteiger partial charge on any atom is -0.454 e. The molecular weight excluding hydrogens is 328 g/mol. The summed E-state index contributed by atoms with van der Waals surface area (Å²) in [6.07, 6.45) is 6.05. The lowest BCUT2D eigenvalue weighted by Crippen LogP contribution is -2.38. The van der Waals surface area contributed by atoms with Gasteiger partial charge in [0.2, 0.25) is 6.79 Å². The third kappa shape index (κ3) is 5.80. The van der Waals surface area contributed by atoms with Crippen LogP contribution in [0.3, 0.4) is 0 Å². The van der Waals surface area contributed by atoms with Gasteiger partial charge in [0.25, 0.3) is 0 Å². The van der Waals surface area contributed by atoms with E-state index in [0.717, 1.165) is 49.9 Å². The van der Waals surface area contributed by atoms with Crippen molar-refractivity contribution in [3.63, 3.8) is 0 Å². The smallest absolute Gasteiger partial charge is 0.231 e. The van der Waals surface area contributed by atoms with Crippen LogP contribution in [0.2, 0.25) is 0 Å². The topological polar surface area (TPSA) is 58.1 Å². The van der Waals surface area contributed by atoms with E-state index in [2.05, 4.69) is 34.6 Å². The second kappa shape index (κ2) is 10.3. The van der Waals surface area contributed by atoms with Gasteiger partial charge in [-0.3, -0.25) is 4.99 Å². The van der Waals surface area contributed by atoms with E-state index in [1.165, 1.54) is 44.5 Å². The molecule has 0 amide bonds. The summed E-state index contributed by atoms with van der Waals surface area (Å²) in [6, 6.07) is 6.14. The maximum atomic E-state index is 5.44. The standard InChI is InChI=1S/C20H32N4O2/c1-2-21-20(22-10-3-4-12-24-13-5-6-14-24)23-11-9-17-7-8-18-19(15-17)26-16-25-18/h7-8,15H,2-6,9-14,16H2,1H3,(H2,21,22,23). The SMILES string of the molecule is CCNC(=NCCCCN1CCCC1)NCCc1ccc2c(c1)OCO2. The van der Waals surface area contributed by atoms with Gasteiger partial charge in [0.15, 0.2) is 17.5 Å². The average molecular weight is 361 g/mol. The lowest BCUT2D eigenvalue weighted by atomic mass is 10.1. The molecule has 0 bridgehead atoms. The van der Waals surface area contributed by atoms with Crippen molar-refractivity contribution in [2.75, 3.05) is 46.1 Å². The van der Waals surface area contributed by atoms with Gasteiger partial charge in [0.05, 0.1) is 0 Å². The molecule has 0 aliphatic carbocycles. The molecular formula is C20H32N4O2. The second-order valence-electron chi connectivity index (χ2n) is 6.88. The van der Waals surface area contributed by atoms with Crippen molar-refractivity contribution in [1.29, 1.82) is 0 Å². The molecule has 2 aliphatic heterocycles. The minimum absolute atomic E-state index is 0.325. The first kappa shape index (κ1) is 18.8. The minimum atomic E-state index is 0.325. The second-order valence-corrected chi connectivity index (χ2v) is 6.88. The molecule has 6 nitrogen and oxygen atoms in total. The summed E-state index contributed by atoms with van der Waals surface area (Å²) in [5.41, 5.74) is 1.24. The number of likely N-dealkylation sites (tertiary alicyclic amines) is 1. The molecule has 2 heterocycles. The third-order valence-corrected chi connectivity index (χ3v) is 4.84. The van der Waals surface area contributed by atoms with Crippen molar-refractivity contribution in [1.82, 2.24) is 15.5 Å². The van der Waals surface area contributed by atoms with Gasteiger partial charge >= 0.3 is 0 Å². The van der Waals surface area contributed by atoms with Crippen LogP contribution in [0.4, 0.5) is 0 Å². The molecule has 0 saturated carbocycles. The first-order valence-corrected chi connectivity index (χ1v) is 9.98. The monoisotopic (exact) mass is 360 g/mol. The summed E-state index contributed by atoms with van der Waals surface area (Å²) in [4.78, 5) is 7.27.